The van der Waals surface area contributed by atoms with Crippen molar-refractivity contribution in [1.29, 1.82) is 0 Å². The molecule has 0 amide bonds. The first-order valence-electron chi connectivity index (χ1n) is 8.71. The number of benzene rings is 1. The van der Waals surface area contributed by atoms with Crippen LogP contribution in [0.2, 0.25) is 0 Å². The second-order valence-corrected chi connectivity index (χ2v) is 5.56. The molecule has 0 N–H and O–H groups in total. The van der Waals surface area contributed by atoms with Crippen LogP contribution in [0.25, 0.3) is 10.9 Å². The van der Waals surface area contributed by atoms with E-state index in [9.17, 15) is 9.59 Å². The Kier molecular flexibility index (Phi) is 7.20. The van der Waals surface area contributed by atoms with Crippen LogP contribution in [0, 0.1) is 5.92 Å². The number of aryl methyl sites for hydroxylation is 1. The molecule has 7 nitrogen and oxygen atoms in total. The Hall–Kier alpha value is -2.83. The highest BCUT2D eigenvalue weighted by Gasteiger charge is 2.27. The Balaban J connectivity index is 2.37. The average molecular weight is 357 g/mol. The summed E-state index contributed by atoms with van der Waals surface area (Å²) in [7, 11) is 0. The number of carbonyl (C=O) groups excluding carboxylic acids is 2. The Labute approximate surface area is 152 Å². The Morgan fingerprint density at radius 2 is 1.81 bits per heavy atom. The van der Waals surface area contributed by atoms with Crippen molar-refractivity contribution in [3.63, 3.8) is 0 Å². The molecule has 0 atom stereocenters. The fraction of sp³-hybridized carbons (Fsp3) is 0.421. The monoisotopic (exact) mass is 357 g/mol. The summed E-state index contributed by atoms with van der Waals surface area (Å²) in [6, 6.07) is 5.91. The van der Waals surface area contributed by atoms with Crippen molar-refractivity contribution in [3.05, 3.63) is 30.1 Å². The van der Waals surface area contributed by atoms with E-state index >= 15 is 0 Å². The minimum absolute atomic E-state index is 0.166. The fourth-order valence-corrected chi connectivity index (χ4v) is 2.46. The Bertz CT molecular complexity index is 786. The van der Waals surface area contributed by atoms with Gasteiger partial charge < -0.3 is 9.47 Å². The number of fused-ring (bicyclic) bond motifs is 1. The van der Waals surface area contributed by atoms with Crippen LogP contribution < -0.4 is 0 Å². The largest absolute Gasteiger partial charge is 0.465 e. The van der Waals surface area contributed by atoms with Crippen molar-refractivity contribution >= 4 is 34.9 Å². The third kappa shape index (κ3) is 4.84. The first-order chi connectivity index (χ1) is 12.6. The van der Waals surface area contributed by atoms with Crippen LogP contribution >= 0.6 is 0 Å². The molecule has 0 spiro atoms. The molecule has 0 saturated heterocycles. The molecule has 0 aliphatic heterocycles. The molecule has 138 valence electrons. The average Bonchev–Trinajstić information content (AvgIpc) is 2.63. The van der Waals surface area contributed by atoms with Crippen LogP contribution in [0.1, 0.15) is 32.8 Å². The zero-order chi connectivity index (χ0) is 18.9. The van der Waals surface area contributed by atoms with E-state index in [0.717, 1.165) is 29.3 Å². The molecule has 0 aliphatic rings. The lowest BCUT2D eigenvalue weighted by molar-refractivity contribution is -0.157. The first kappa shape index (κ1) is 19.5. The lowest BCUT2D eigenvalue weighted by Gasteiger charge is -2.10. The topological polar surface area (TPSA) is 90.7 Å². The number of esters is 2. The van der Waals surface area contributed by atoms with Gasteiger partial charge in [0, 0.05) is 11.6 Å². The maximum atomic E-state index is 12.0. The molecule has 0 aliphatic carbocycles. The van der Waals surface area contributed by atoms with E-state index in [4.69, 9.17) is 9.47 Å². The highest BCUT2D eigenvalue weighted by atomic mass is 16.6. The van der Waals surface area contributed by atoms with Crippen molar-refractivity contribution in [2.45, 2.75) is 33.6 Å². The van der Waals surface area contributed by atoms with Gasteiger partial charge in [0.05, 0.1) is 18.7 Å². The van der Waals surface area contributed by atoms with E-state index in [0.29, 0.717) is 5.82 Å². The van der Waals surface area contributed by atoms with Crippen molar-refractivity contribution in [3.8, 4) is 0 Å². The zero-order valence-corrected chi connectivity index (χ0v) is 15.3. The molecule has 0 radical (unpaired) electrons. The number of hydrogen-bond donors (Lipinski definition) is 0. The van der Waals surface area contributed by atoms with Crippen molar-refractivity contribution in [1.82, 2.24) is 9.97 Å². The smallest absolute Gasteiger partial charge is 0.325 e. The van der Waals surface area contributed by atoms with Gasteiger partial charge >= 0.3 is 11.9 Å². The van der Waals surface area contributed by atoms with Crippen LogP contribution in [-0.4, -0.2) is 41.3 Å². The summed E-state index contributed by atoms with van der Waals surface area (Å²) in [4.78, 5) is 36.7. The number of aromatic nitrogens is 2. The number of rotatable bonds is 8. The van der Waals surface area contributed by atoms with E-state index in [1.807, 2.05) is 18.2 Å². The SMILES string of the molecule is CCCc1ccc2ncnc(N=CC(C(=O)OCC)C(=O)OCC)c2c1. The Morgan fingerprint density at radius 1 is 1.12 bits per heavy atom. The van der Waals surface area contributed by atoms with Gasteiger partial charge in [-0.05, 0) is 38.0 Å². The molecular formula is C19H23N3O4. The van der Waals surface area contributed by atoms with Gasteiger partial charge in [-0.25, -0.2) is 15.0 Å². The van der Waals surface area contributed by atoms with Crippen LogP contribution in [0.15, 0.2) is 29.5 Å². The molecule has 0 saturated carbocycles. The minimum Gasteiger partial charge on any atom is -0.465 e. The van der Waals surface area contributed by atoms with Gasteiger partial charge in [-0.3, -0.25) is 9.59 Å². The van der Waals surface area contributed by atoms with Crippen LogP contribution in [-0.2, 0) is 25.5 Å². The van der Waals surface area contributed by atoms with E-state index in [2.05, 4.69) is 21.9 Å². The summed E-state index contributed by atoms with van der Waals surface area (Å²) in [5.41, 5.74) is 1.90. The molecule has 0 bridgehead atoms. The molecule has 2 rings (SSSR count). The molecule has 26 heavy (non-hydrogen) atoms. The number of ether oxygens (including phenoxy) is 2. The molecule has 7 heteroatoms. The maximum Gasteiger partial charge on any atom is 0.325 e. The van der Waals surface area contributed by atoms with Gasteiger partial charge in [-0.15, -0.1) is 0 Å². The van der Waals surface area contributed by atoms with Crippen molar-refractivity contribution < 1.29 is 19.1 Å². The van der Waals surface area contributed by atoms with Crippen LogP contribution in [0.5, 0.6) is 0 Å². The Morgan fingerprint density at radius 3 is 2.42 bits per heavy atom. The van der Waals surface area contributed by atoms with Gasteiger partial charge in [-0.2, -0.15) is 0 Å². The van der Waals surface area contributed by atoms with Crippen LogP contribution in [0.3, 0.4) is 0 Å². The highest BCUT2D eigenvalue weighted by Crippen LogP contribution is 2.23. The summed E-state index contributed by atoms with van der Waals surface area (Å²) < 4.78 is 9.87. The first-order valence-corrected chi connectivity index (χ1v) is 8.71. The maximum absolute atomic E-state index is 12.0. The molecule has 0 unspecified atom stereocenters. The molecule has 1 heterocycles. The van der Waals surface area contributed by atoms with Crippen molar-refractivity contribution in [2.75, 3.05) is 13.2 Å². The van der Waals surface area contributed by atoms with Gasteiger partial charge in [-0.1, -0.05) is 19.4 Å². The predicted molar refractivity (Wildman–Crippen MR) is 98.4 cm³/mol. The molecule has 1 aromatic heterocycles. The van der Waals surface area contributed by atoms with E-state index in [1.165, 1.54) is 12.5 Å². The summed E-state index contributed by atoms with van der Waals surface area (Å²) >= 11 is 0. The minimum atomic E-state index is -1.22. The standard InChI is InChI=1S/C19H23N3O4/c1-4-7-13-8-9-16-14(10-13)17(22-12-21-16)20-11-15(18(23)25-5-2)19(24)26-6-3/h8-12,15H,4-7H2,1-3H3. The predicted octanol–water partition coefficient (Wildman–Crippen LogP) is 3.03. The second-order valence-electron chi connectivity index (χ2n) is 5.56. The lowest BCUT2D eigenvalue weighted by atomic mass is 10.1. The van der Waals surface area contributed by atoms with Gasteiger partial charge in [0.25, 0.3) is 0 Å². The summed E-state index contributed by atoms with van der Waals surface area (Å²) in [5, 5.41) is 0.765. The van der Waals surface area contributed by atoms with Crippen molar-refractivity contribution in [2.24, 2.45) is 10.9 Å². The number of aliphatic imine (C=N–C) groups is 1. The summed E-state index contributed by atoms with van der Waals surface area (Å²) in [6.07, 6.45) is 4.58. The highest BCUT2D eigenvalue weighted by molar-refractivity contribution is 6.09. The molecule has 0 fully saturated rings. The van der Waals surface area contributed by atoms with E-state index in [1.54, 1.807) is 13.8 Å². The quantitative estimate of drug-likeness (QED) is 0.410. The molecule has 2 aromatic rings. The third-order valence-electron chi connectivity index (χ3n) is 3.64. The number of carbonyl (C=O) groups is 2. The molecule has 1 aromatic carbocycles. The zero-order valence-electron chi connectivity index (χ0n) is 15.3. The summed E-state index contributed by atoms with van der Waals surface area (Å²) in [6.45, 7) is 5.78. The summed E-state index contributed by atoms with van der Waals surface area (Å²) in [5.74, 6) is -2.22. The number of hydrogen-bond acceptors (Lipinski definition) is 7. The third-order valence-corrected chi connectivity index (χ3v) is 3.64. The van der Waals surface area contributed by atoms with Gasteiger partial charge in [0.1, 0.15) is 6.33 Å². The fourth-order valence-electron chi connectivity index (χ4n) is 2.46. The molecular weight excluding hydrogens is 334 g/mol. The lowest BCUT2D eigenvalue weighted by Crippen LogP contribution is -2.29. The van der Waals surface area contributed by atoms with Crippen LogP contribution in [0.4, 0.5) is 5.82 Å². The normalized spacial score (nSPS) is 11.2. The van der Waals surface area contributed by atoms with Gasteiger partial charge in [0.15, 0.2) is 11.7 Å². The second kappa shape index (κ2) is 9.60. The van der Waals surface area contributed by atoms with E-state index < -0.39 is 17.9 Å². The van der Waals surface area contributed by atoms with Gasteiger partial charge in [0.2, 0.25) is 0 Å². The number of nitrogens with zero attached hydrogens (tertiary/aromatic N) is 3. The van der Waals surface area contributed by atoms with E-state index in [-0.39, 0.29) is 13.2 Å².